The van der Waals surface area contributed by atoms with Gasteiger partial charge in [0.25, 0.3) is 5.91 Å². The summed E-state index contributed by atoms with van der Waals surface area (Å²) >= 11 is 0. The van der Waals surface area contributed by atoms with E-state index in [4.69, 9.17) is 4.74 Å². The Bertz CT molecular complexity index is 626. The number of para-hydroxylation sites is 1. The van der Waals surface area contributed by atoms with Crippen molar-refractivity contribution in [1.82, 2.24) is 0 Å². The molecule has 0 aromatic heterocycles. The van der Waals surface area contributed by atoms with Gasteiger partial charge in [0.15, 0.2) is 11.5 Å². The molecule has 0 saturated carbocycles. The molecule has 0 atom stereocenters. The quantitative estimate of drug-likeness (QED) is 0.800. The maximum absolute atomic E-state index is 12.2. The number of carbonyl (C=O) groups excluding carboxylic acids is 1. The molecule has 0 spiro atoms. The van der Waals surface area contributed by atoms with Crippen LogP contribution in [0.3, 0.4) is 0 Å². The molecule has 2 rings (SSSR count). The number of nitrogens with one attached hydrogen (secondary N) is 2. The summed E-state index contributed by atoms with van der Waals surface area (Å²) in [6.07, 6.45) is 0. The van der Waals surface area contributed by atoms with Crippen molar-refractivity contribution < 1.29 is 14.6 Å². The molecule has 5 heteroatoms. The fraction of sp³-hybridized carbons (Fsp3) is 0.133. The second-order valence-electron chi connectivity index (χ2n) is 4.14. The first-order valence-corrected chi connectivity index (χ1v) is 6.11. The van der Waals surface area contributed by atoms with Crippen LogP contribution in [-0.2, 0) is 0 Å². The van der Waals surface area contributed by atoms with Gasteiger partial charge in [-0.2, -0.15) is 0 Å². The van der Waals surface area contributed by atoms with E-state index in [1.165, 1.54) is 13.2 Å². The third-order valence-corrected chi connectivity index (χ3v) is 2.88. The van der Waals surface area contributed by atoms with Gasteiger partial charge in [0, 0.05) is 24.5 Å². The Morgan fingerprint density at radius 3 is 2.60 bits per heavy atom. The summed E-state index contributed by atoms with van der Waals surface area (Å²) in [7, 11) is 3.22. The van der Waals surface area contributed by atoms with Crippen molar-refractivity contribution in [1.29, 1.82) is 0 Å². The minimum Gasteiger partial charge on any atom is -0.504 e. The van der Waals surface area contributed by atoms with Crippen LogP contribution in [0.15, 0.2) is 42.5 Å². The summed E-state index contributed by atoms with van der Waals surface area (Å²) in [5, 5.41) is 15.4. The van der Waals surface area contributed by atoms with Crippen molar-refractivity contribution in [3.05, 3.63) is 48.0 Å². The highest BCUT2D eigenvalue weighted by Gasteiger charge is 2.11. The molecule has 0 heterocycles. The van der Waals surface area contributed by atoms with Gasteiger partial charge in [0.1, 0.15) is 0 Å². The number of phenolic OH excluding ortho intramolecular Hbond substituents is 1. The van der Waals surface area contributed by atoms with E-state index in [0.717, 1.165) is 5.69 Å². The Morgan fingerprint density at radius 1 is 1.20 bits per heavy atom. The lowest BCUT2D eigenvalue weighted by Crippen LogP contribution is -2.13. The molecule has 3 N–H and O–H groups in total. The highest BCUT2D eigenvalue weighted by Crippen LogP contribution is 2.29. The molecule has 0 aliphatic carbocycles. The van der Waals surface area contributed by atoms with E-state index in [9.17, 15) is 9.90 Å². The van der Waals surface area contributed by atoms with E-state index in [-0.39, 0.29) is 11.7 Å². The van der Waals surface area contributed by atoms with Gasteiger partial charge in [-0.15, -0.1) is 0 Å². The molecule has 0 bridgehead atoms. The molecule has 2 aromatic carbocycles. The van der Waals surface area contributed by atoms with Crippen molar-refractivity contribution in [3.63, 3.8) is 0 Å². The largest absolute Gasteiger partial charge is 0.504 e. The first-order chi connectivity index (χ1) is 9.65. The van der Waals surface area contributed by atoms with E-state index in [2.05, 4.69) is 10.6 Å². The van der Waals surface area contributed by atoms with Crippen LogP contribution in [0.2, 0.25) is 0 Å². The zero-order valence-electron chi connectivity index (χ0n) is 11.3. The lowest BCUT2D eigenvalue weighted by Gasteiger charge is -2.10. The number of amides is 1. The average molecular weight is 272 g/mol. The zero-order chi connectivity index (χ0) is 14.5. The minimum atomic E-state index is -0.250. The fourth-order valence-electron chi connectivity index (χ4n) is 1.87. The van der Waals surface area contributed by atoms with Crippen LogP contribution in [0.25, 0.3) is 0 Å². The zero-order valence-corrected chi connectivity index (χ0v) is 11.3. The molecule has 0 unspecified atom stereocenters. The van der Waals surface area contributed by atoms with Gasteiger partial charge in [0.2, 0.25) is 0 Å². The van der Waals surface area contributed by atoms with Crippen molar-refractivity contribution in [3.8, 4) is 11.5 Å². The third-order valence-electron chi connectivity index (χ3n) is 2.88. The topological polar surface area (TPSA) is 70.6 Å². The Balaban J connectivity index is 2.21. The van der Waals surface area contributed by atoms with Gasteiger partial charge in [-0.3, -0.25) is 4.79 Å². The Morgan fingerprint density at radius 2 is 1.95 bits per heavy atom. The lowest BCUT2D eigenvalue weighted by molar-refractivity contribution is 0.102. The van der Waals surface area contributed by atoms with E-state index < -0.39 is 0 Å². The van der Waals surface area contributed by atoms with E-state index in [1.54, 1.807) is 31.3 Å². The first kappa shape index (κ1) is 13.7. The van der Waals surface area contributed by atoms with Gasteiger partial charge in [0.05, 0.1) is 12.7 Å². The van der Waals surface area contributed by atoms with Gasteiger partial charge in [-0.25, -0.2) is 0 Å². The number of hydrogen-bond donors (Lipinski definition) is 3. The maximum atomic E-state index is 12.2. The number of methoxy groups -OCH3 is 1. The molecule has 0 aliphatic rings. The number of aromatic hydroxyl groups is 1. The van der Waals surface area contributed by atoms with E-state index in [0.29, 0.717) is 17.0 Å². The predicted octanol–water partition coefficient (Wildman–Crippen LogP) is 2.69. The highest BCUT2D eigenvalue weighted by molar-refractivity contribution is 6.08. The van der Waals surface area contributed by atoms with Crippen molar-refractivity contribution in [2.24, 2.45) is 0 Å². The second kappa shape index (κ2) is 5.97. The number of phenols is 1. The average Bonchev–Trinajstić information content (AvgIpc) is 2.47. The molecular formula is C15H16N2O3. The molecule has 0 fully saturated rings. The molecule has 1 amide bonds. The van der Waals surface area contributed by atoms with Gasteiger partial charge < -0.3 is 20.5 Å². The van der Waals surface area contributed by atoms with Gasteiger partial charge in [-0.1, -0.05) is 12.1 Å². The first-order valence-electron chi connectivity index (χ1n) is 6.11. The Hall–Kier alpha value is -2.69. The summed E-state index contributed by atoms with van der Waals surface area (Å²) < 4.78 is 4.95. The summed E-state index contributed by atoms with van der Waals surface area (Å²) in [5.74, 6) is 0.0883. The molecule has 0 aliphatic heterocycles. The maximum Gasteiger partial charge on any atom is 0.257 e. The number of carbonyl (C=O) groups is 1. The summed E-state index contributed by atoms with van der Waals surface area (Å²) in [5.41, 5.74) is 1.77. The van der Waals surface area contributed by atoms with Crippen LogP contribution in [0.1, 0.15) is 10.4 Å². The molecular weight excluding hydrogens is 256 g/mol. The van der Waals surface area contributed by atoms with Crippen LogP contribution in [0, 0.1) is 0 Å². The van der Waals surface area contributed by atoms with Crippen LogP contribution in [0.5, 0.6) is 11.5 Å². The fourth-order valence-corrected chi connectivity index (χ4v) is 1.87. The van der Waals surface area contributed by atoms with Gasteiger partial charge >= 0.3 is 0 Å². The Kier molecular flexibility index (Phi) is 4.10. The molecule has 0 saturated heterocycles. The molecule has 2 aromatic rings. The van der Waals surface area contributed by atoms with Crippen molar-refractivity contribution in [2.45, 2.75) is 0 Å². The molecule has 5 nitrogen and oxygen atoms in total. The highest BCUT2D eigenvalue weighted by atomic mass is 16.5. The third kappa shape index (κ3) is 2.83. The summed E-state index contributed by atoms with van der Waals surface area (Å²) in [4.78, 5) is 12.2. The summed E-state index contributed by atoms with van der Waals surface area (Å²) in [6, 6.07) is 11.9. The van der Waals surface area contributed by atoms with Crippen LogP contribution in [0.4, 0.5) is 11.4 Å². The molecule has 0 radical (unpaired) electrons. The predicted molar refractivity (Wildman–Crippen MR) is 78.6 cm³/mol. The number of rotatable bonds is 4. The Labute approximate surface area is 117 Å². The number of hydrogen-bond acceptors (Lipinski definition) is 4. The SMILES string of the molecule is CNc1ccccc1C(=O)Nc1ccc(OC)c(O)c1. The number of ether oxygens (including phenoxy) is 1. The van der Waals surface area contributed by atoms with Crippen molar-refractivity contribution >= 4 is 17.3 Å². The standard InChI is InChI=1S/C15H16N2O3/c1-16-12-6-4-3-5-11(12)15(19)17-10-7-8-14(20-2)13(18)9-10/h3-9,16,18H,1-2H3,(H,17,19). The monoisotopic (exact) mass is 272 g/mol. The number of anilines is 2. The van der Waals surface area contributed by atoms with E-state index in [1.807, 2.05) is 12.1 Å². The van der Waals surface area contributed by atoms with Crippen molar-refractivity contribution in [2.75, 3.05) is 24.8 Å². The van der Waals surface area contributed by atoms with Crippen LogP contribution in [-0.4, -0.2) is 25.2 Å². The van der Waals surface area contributed by atoms with E-state index >= 15 is 0 Å². The second-order valence-corrected chi connectivity index (χ2v) is 4.14. The van der Waals surface area contributed by atoms with Crippen LogP contribution >= 0.6 is 0 Å². The lowest BCUT2D eigenvalue weighted by atomic mass is 10.1. The normalized spacial score (nSPS) is 9.90. The number of benzene rings is 2. The molecule has 104 valence electrons. The minimum absolute atomic E-state index is 0.0211. The summed E-state index contributed by atoms with van der Waals surface area (Å²) in [6.45, 7) is 0. The van der Waals surface area contributed by atoms with Gasteiger partial charge in [-0.05, 0) is 24.3 Å². The van der Waals surface area contributed by atoms with Crippen LogP contribution < -0.4 is 15.4 Å². The molecule has 20 heavy (non-hydrogen) atoms. The smallest absolute Gasteiger partial charge is 0.257 e.